The van der Waals surface area contributed by atoms with E-state index >= 15 is 0 Å². The molecule has 0 bridgehead atoms. The zero-order chi connectivity index (χ0) is 24.3. The standard InChI is InChI=1S/C23H20F5N3O3/c24-20(25)12-33-17-5-6-18-19(11-17)29-13-30-21(18)14-7-9-31(10-8-14)22(32)15-1-3-16(4-2-15)34-23(26,27)28/h1-6,11,13-14,20H,7-10,12H2. The highest BCUT2D eigenvalue weighted by Crippen LogP contribution is 2.33. The summed E-state index contributed by atoms with van der Waals surface area (Å²) in [5, 5.41) is 0.789. The van der Waals surface area contributed by atoms with Crippen molar-refractivity contribution in [3.05, 3.63) is 60.0 Å². The molecule has 1 aromatic heterocycles. The van der Waals surface area contributed by atoms with Crippen molar-refractivity contribution in [2.24, 2.45) is 0 Å². The molecule has 4 rings (SSSR count). The average Bonchev–Trinajstić information content (AvgIpc) is 2.81. The SMILES string of the molecule is O=C(c1ccc(OC(F)(F)F)cc1)N1CCC(c2ncnc3cc(OCC(F)F)ccc23)CC1. The molecule has 1 aliphatic rings. The van der Waals surface area contributed by atoms with Crippen molar-refractivity contribution in [1.82, 2.24) is 14.9 Å². The van der Waals surface area contributed by atoms with E-state index in [1.165, 1.54) is 18.5 Å². The number of nitrogens with zero attached hydrogens (tertiary/aromatic N) is 3. The van der Waals surface area contributed by atoms with E-state index < -0.39 is 19.4 Å². The van der Waals surface area contributed by atoms with Crippen LogP contribution >= 0.6 is 0 Å². The van der Waals surface area contributed by atoms with Crippen LogP contribution < -0.4 is 9.47 Å². The van der Waals surface area contributed by atoms with Gasteiger partial charge in [0.25, 0.3) is 12.3 Å². The normalized spacial score (nSPS) is 15.1. The predicted octanol–water partition coefficient (Wildman–Crippen LogP) is 5.19. The van der Waals surface area contributed by atoms with Gasteiger partial charge in [-0.1, -0.05) is 0 Å². The zero-order valence-electron chi connectivity index (χ0n) is 17.8. The number of benzene rings is 2. The maximum atomic E-state index is 12.8. The summed E-state index contributed by atoms with van der Waals surface area (Å²) in [5.41, 5.74) is 1.67. The van der Waals surface area contributed by atoms with Crippen molar-refractivity contribution >= 4 is 16.8 Å². The number of carbonyl (C=O) groups excluding carboxylic acids is 1. The Bertz CT molecular complexity index is 1150. The number of carbonyl (C=O) groups is 1. The van der Waals surface area contributed by atoms with Gasteiger partial charge in [0, 0.05) is 36.0 Å². The molecule has 3 aromatic rings. The Morgan fingerprint density at radius 2 is 1.71 bits per heavy atom. The van der Waals surface area contributed by atoms with Gasteiger partial charge in [-0.25, -0.2) is 18.7 Å². The van der Waals surface area contributed by atoms with Crippen molar-refractivity contribution in [2.45, 2.75) is 31.5 Å². The van der Waals surface area contributed by atoms with Gasteiger partial charge in [-0.2, -0.15) is 0 Å². The number of likely N-dealkylation sites (tertiary alicyclic amines) is 1. The van der Waals surface area contributed by atoms with Crippen molar-refractivity contribution in [2.75, 3.05) is 19.7 Å². The van der Waals surface area contributed by atoms with Crippen LogP contribution in [0.4, 0.5) is 22.0 Å². The first-order chi connectivity index (χ1) is 16.2. The maximum Gasteiger partial charge on any atom is 0.573 e. The largest absolute Gasteiger partial charge is 0.573 e. The molecule has 2 aromatic carbocycles. The van der Waals surface area contributed by atoms with Gasteiger partial charge in [0.2, 0.25) is 0 Å². The first-order valence-electron chi connectivity index (χ1n) is 10.5. The molecule has 0 atom stereocenters. The first-order valence-corrected chi connectivity index (χ1v) is 10.5. The van der Waals surface area contributed by atoms with Gasteiger partial charge in [-0.05, 0) is 49.2 Å². The number of piperidine rings is 1. The number of hydrogen-bond acceptors (Lipinski definition) is 5. The third-order valence-electron chi connectivity index (χ3n) is 5.52. The molecular formula is C23H20F5N3O3. The number of ether oxygens (including phenoxy) is 2. The number of halogens is 5. The molecule has 11 heteroatoms. The summed E-state index contributed by atoms with van der Waals surface area (Å²) in [7, 11) is 0. The number of amides is 1. The fourth-order valence-corrected chi connectivity index (χ4v) is 3.97. The number of rotatable bonds is 6. The Morgan fingerprint density at radius 3 is 2.35 bits per heavy atom. The Morgan fingerprint density at radius 1 is 1.03 bits per heavy atom. The number of aromatic nitrogens is 2. The fraction of sp³-hybridized carbons (Fsp3) is 0.348. The van der Waals surface area contributed by atoms with Crippen LogP contribution in [0.3, 0.4) is 0 Å². The van der Waals surface area contributed by atoms with Gasteiger partial charge in [0.1, 0.15) is 24.4 Å². The molecule has 1 amide bonds. The van der Waals surface area contributed by atoms with E-state index in [0.717, 1.165) is 23.2 Å². The molecule has 0 saturated carbocycles. The molecule has 180 valence electrons. The fourth-order valence-electron chi connectivity index (χ4n) is 3.97. The molecule has 0 radical (unpaired) electrons. The van der Waals surface area contributed by atoms with Crippen LogP contribution in [0.25, 0.3) is 10.9 Å². The van der Waals surface area contributed by atoms with E-state index in [2.05, 4.69) is 14.7 Å². The second kappa shape index (κ2) is 9.78. The van der Waals surface area contributed by atoms with E-state index in [0.29, 0.717) is 37.2 Å². The summed E-state index contributed by atoms with van der Waals surface area (Å²) < 4.78 is 70.6. The highest BCUT2D eigenvalue weighted by molar-refractivity contribution is 5.94. The lowest BCUT2D eigenvalue weighted by molar-refractivity contribution is -0.274. The first kappa shape index (κ1) is 23.7. The molecule has 1 fully saturated rings. The van der Waals surface area contributed by atoms with E-state index in [4.69, 9.17) is 4.74 Å². The predicted molar refractivity (Wildman–Crippen MR) is 112 cm³/mol. The van der Waals surface area contributed by atoms with Gasteiger partial charge in [-0.15, -0.1) is 13.2 Å². The lowest BCUT2D eigenvalue weighted by atomic mass is 9.90. The topological polar surface area (TPSA) is 64.5 Å². The van der Waals surface area contributed by atoms with E-state index in [9.17, 15) is 26.7 Å². The second-order valence-electron chi connectivity index (χ2n) is 7.78. The van der Waals surface area contributed by atoms with Crippen LogP contribution in [0, 0.1) is 0 Å². The van der Waals surface area contributed by atoms with Crippen LogP contribution in [-0.4, -0.2) is 53.3 Å². The molecule has 6 nitrogen and oxygen atoms in total. The van der Waals surface area contributed by atoms with Gasteiger partial charge < -0.3 is 14.4 Å². The van der Waals surface area contributed by atoms with Crippen LogP contribution in [-0.2, 0) is 0 Å². The molecule has 1 aliphatic heterocycles. The van der Waals surface area contributed by atoms with Crippen LogP contribution in [0.15, 0.2) is 48.8 Å². The maximum absolute atomic E-state index is 12.8. The highest BCUT2D eigenvalue weighted by atomic mass is 19.4. The van der Waals surface area contributed by atoms with Gasteiger partial charge in [0.15, 0.2) is 0 Å². The molecule has 0 spiro atoms. The second-order valence-corrected chi connectivity index (χ2v) is 7.78. The van der Waals surface area contributed by atoms with Crippen molar-refractivity contribution in [1.29, 1.82) is 0 Å². The van der Waals surface area contributed by atoms with Crippen LogP contribution in [0.2, 0.25) is 0 Å². The minimum Gasteiger partial charge on any atom is -0.488 e. The summed E-state index contributed by atoms with van der Waals surface area (Å²) in [4.78, 5) is 23.1. The van der Waals surface area contributed by atoms with E-state index in [-0.39, 0.29) is 23.1 Å². The third kappa shape index (κ3) is 5.70. The molecule has 0 unspecified atom stereocenters. The van der Waals surface area contributed by atoms with Crippen LogP contribution in [0.5, 0.6) is 11.5 Å². The monoisotopic (exact) mass is 481 g/mol. The lowest BCUT2D eigenvalue weighted by Crippen LogP contribution is -2.38. The van der Waals surface area contributed by atoms with Gasteiger partial charge in [-0.3, -0.25) is 4.79 Å². The summed E-state index contributed by atoms with van der Waals surface area (Å²) in [6.45, 7) is 0.199. The number of alkyl halides is 5. The smallest absolute Gasteiger partial charge is 0.488 e. The van der Waals surface area contributed by atoms with Crippen molar-refractivity contribution in [3.8, 4) is 11.5 Å². The van der Waals surface area contributed by atoms with E-state index in [1.807, 2.05) is 0 Å². The van der Waals surface area contributed by atoms with Crippen LogP contribution in [0.1, 0.15) is 34.8 Å². The molecule has 34 heavy (non-hydrogen) atoms. The molecule has 1 saturated heterocycles. The number of hydrogen-bond donors (Lipinski definition) is 0. The summed E-state index contributed by atoms with van der Waals surface area (Å²) >= 11 is 0. The quantitative estimate of drug-likeness (QED) is 0.454. The third-order valence-corrected chi connectivity index (χ3v) is 5.52. The summed E-state index contributed by atoms with van der Waals surface area (Å²) in [6.07, 6.45) is -4.68. The van der Waals surface area contributed by atoms with E-state index in [1.54, 1.807) is 23.1 Å². The van der Waals surface area contributed by atoms with Gasteiger partial charge in [0.05, 0.1) is 11.2 Å². The average molecular weight is 481 g/mol. The minimum absolute atomic E-state index is 0.0601. The van der Waals surface area contributed by atoms with Crippen molar-refractivity contribution < 1.29 is 36.2 Å². The van der Waals surface area contributed by atoms with Crippen molar-refractivity contribution in [3.63, 3.8) is 0 Å². The molecular weight excluding hydrogens is 461 g/mol. The number of fused-ring (bicyclic) bond motifs is 1. The Hall–Kier alpha value is -3.50. The Kier molecular flexibility index (Phi) is 6.80. The minimum atomic E-state index is -4.79. The molecule has 0 N–H and O–H groups in total. The summed E-state index contributed by atoms with van der Waals surface area (Å²) in [5.74, 6) is -0.305. The summed E-state index contributed by atoms with van der Waals surface area (Å²) in [6, 6.07) is 9.77. The van der Waals surface area contributed by atoms with Gasteiger partial charge >= 0.3 is 6.36 Å². The molecule has 2 heterocycles. The molecule has 0 aliphatic carbocycles. The lowest BCUT2D eigenvalue weighted by Gasteiger charge is -2.32. The Balaban J connectivity index is 1.41. The zero-order valence-corrected chi connectivity index (χ0v) is 17.8. The highest BCUT2D eigenvalue weighted by Gasteiger charge is 2.31. The Labute approximate surface area is 191 Å².